The minimum absolute atomic E-state index is 0.170. The first-order chi connectivity index (χ1) is 7.58. The van der Waals surface area contributed by atoms with Gasteiger partial charge in [-0.15, -0.1) is 0 Å². The van der Waals surface area contributed by atoms with Crippen molar-refractivity contribution in [2.24, 2.45) is 0 Å². The Bertz CT molecular complexity index is 378. The lowest BCUT2D eigenvalue weighted by Gasteiger charge is -2.12. The van der Waals surface area contributed by atoms with Crippen molar-refractivity contribution in [3.05, 3.63) is 28.2 Å². The molecule has 0 spiro atoms. The largest absolute Gasteiger partial charge is 0.496 e. The number of esters is 1. The van der Waals surface area contributed by atoms with E-state index in [-0.39, 0.29) is 6.42 Å². The van der Waals surface area contributed by atoms with E-state index in [4.69, 9.17) is 4.74 Å². The average molecular weight is 289 g/mol. The third-order valence-corrected chi connectivity index (χ3v) is 2.63. The number of hydrogen-bond acceptors (Lipinski definition) is 4. The smallest absolute Gasteiger partial charge is 0.335 e. The Balaban J connectivity index is 2.84. The first-order valence-electron chi connectivity index (χ1n) is 4.66. The van der Waals surface area contributed by atoms with Crippen LogP contribution in [0.4, 0.5) is 0 Å². The van der Waals surface area contributed by atoms with E-state index in [0.29, 0.717) is 5.75 Å². The normalized spacial score (nSPS) is 12.0. The zero-order valence-electron chi connectivity index (χ0n) is 9.07. The van der Waals surface area contributed by atoms with Crippen molar-refractivity contribution < 1.29 is 19.4 Å². The fourth-order valence-electron chi connectivity index (χ4n) is 1.31. The van der Waals surface area contributed by atoms with E-state index in [2.05, 4.69) is 20.7 Å². The first-order valence-corrected chi connectivity index (χ1v) is 5.46. The number of methoxy groups -OCH3 is 2. The fourth-order valence-corrected chi connectivity index (χ4v) is 1.65. The van der Waals surface area contributed by atoms with Gasteiger partial charge >= 0.3 is 5.97 Å². The fraction of sp³-hybridized carbons (Fsp3) is 0.364. The van der Waals surface area contributed by atoms with Crippen LogP contribution in [0, 0.1) is 0 Å². The molecule has 1 aromatic rings. The average Bonchev–Trinajstić information content (AvgIpc) is 2.30. The molecule has 0 fully saturated rings. The number of halogens is 1. The number of carbonyl (C=O) groups is 1. The Morgan fingerprint density at radius 2 is 2.19 bits per heavy atom. The van der Waals surface area contributed by atoms with Crippen molar-refractivity contribution in [2.75, 3.05) is 14.2 Å². The van der Waals surface area contributed by atoms with E-state index in [1.165, 1.54) is 14.2 Å². The number of ether oxygens (including phenoxy) is 2. The highest BCUT2D eigenvalue weighted by molar-refractivity contribution is 9.10. The summed E-state index contributed by atoms with van der Waals surface area (Å²) in [6.45, 7) is 0. The van der Waals surface area contributed by atoms with Crippen LogP contribution in [0.3, 0.4) is 0 Å². The van der Waals surface area contributed by atoms with Gasteiger partial charge in [0.15, 0.2) is 6.10 Å². The SMILES string of the molecule is COC(=O)C(O)Cc1ccc(Br)cc1OC. The van der Waals surface area contributed by atoms with Crippen LogP contribution in [-0.2, 0) is 16.0 Å². The van der Waals surface area contributed by atoms with Gasteiger partial charge in [0.2, 0.25) is 0 Å². The van der Waals surface area contributed by atoms with Crippen LogP contribution >= 0.6 is 15.9 Å². The minimum atomic E-state index is -1.17. The molecule has 4 nitrogen and oxygen atoms in total. The Morgan fingerprint density at radius 3 is 2.75 bits per heavy atom. The van der Waals surface area contributed by atoms with Gasteiger partial charge in [-0.1, -0.05) is 22.0 Å². The Kier molecular flexibility index (Phi) is 4.76. The van der Waals surface area contributed by atoms with Gasteiger partial charge in [-0.25, -0.2) is 4.79 Å². The van der Waals surface area contributed by atoms with Gasteiger partial charge in [-0.2, -0.15) is 0 Å². The maximum atomic E-state index is 11.1. The third kappa shape index (κ3) is 3.21. The number of aliphatic hydroxyl groups excluding tert-OH is 1. The van der Waals surface area contributed by atoms with E-state index in [1.807, 2.05) is 6.07 Å². The molecule has 16 heavy (non-hydrogen) atoms. The third-order valence-electron chi connectivity index (χ3n) is 2.14. The highest BCUT2D eigenvalue weighted by Crippen LogP contribution is 2.24. The van der Waals surface area contributed by atoms with E-state index in [0.717, 1.165) is 10.0 Å². The summed E-state index contributed by atoms with van der Waals surface area (Å²) in [5.74, 6) is -0.0256. The summed E-state index contributed by atoms with van der Waals surface area (Å²) in [7, 11) is 2.78. The summed E-state index contributed by atoms with van der Waals surface area (Å²) in [5, 5.41) is 9.52. The van der Waals surface area contributed by atoms with Crippen LogP contribution < -0.4 is 4.74 Å². The van der Waals surface area contributed by atoms with Gasteiger partial charge in [0.1, 0.15) is 5.75 Å². The molecule has 0 saturated carbocycles. The lowest BCUT2D eigenvalue weighted by molar-refractivity contribution is -0.150. The molecule has 0 aliphatic rings. The van der Waals surface area contributed by atoms with Crippen molar-refractivity contribution in [1.82, 2.24) is 0 Å². The lowest BCUT2D eigenvalue weighted by atomic mass is 10.1. The second-order valence-electron chi connectivity index (χ2n) is 3.20. The Morgan fingerprint density at radius 1 is 1.50 bits per heavy atom. The molecule has 1 rings (SSSR count). The van der Waals surface area contributed by atoms with Crippen molar-refractivity contribution in [2.45, 2.75) is 12.5 Å². The van der Waals surface area contributed by atoms with Crippen molar-refractivity contribution in [1.29, 1.82) is 0 Å². The first kappa shape index (κ1) is 13.0. The molecule has 1 N–H and O–H groups in total. The number of aliphatic hydroxyl groups is 1. The monoisotopic (exact) mass is 288 g/mol. The minimum Gasteiger partial charge on any atom is -0.496 e. The predicted octanol–water partition coefficient (Wildman–Crippen LogP) is 1.53. The Hall–Kier alpha value is -1.07. The lowest BCUT2D eigenvalue weighted by Crippen LogP contribution is -2.24. The molecule has 0 heterocycles. The van der Waals surface area contributed by atoms with Crippen LogP contribution in [0.5, 0.6) is 5.75 Å². The van der Waals surface area contributed by atoms with Gasteiger partial charge in [-0.3, -0.25) is 0 Å². The Labute approximate surface area is 102 Å². The molecular formula is C11H13BrO4. The van der Waals surface area contributed by atoms with E-state index >= 15 is 0 Å². The van der Waals surface area contributed by atoms with E-state index in [9.17, 15) is 9.90 Å². The van der Waals surface area contributed by atoms with Crippen LogP contribution in [0.15, 0.2) is 22.7 Å². The van der Waals surface area contributed by atoms with Crippen LogP contribution in [-0.4, -0.2) is 31.4 Å². The standard InChI is InChI=1S/C11H13BrO4/c1-15-10-6-8(12)4-3-7(10)5-9(13)11(14)16-2/h3-4,6,9,13H,5H2,1-2H3. The zero-order chi connectivity index (χ0) is 12.1. The number of hydrogen-bond donors (Lipinski definition) is 1. The summed E-state index contributed by atoms with van der Waals surface area (Å²) < 4.78 is 10.5. The maximum absolute atomic E-state index is 11.1. The topological polar surface area (TPSA) is 55.8 Å². The number of carbonyl (C=O) groups excluding carboxylic acids is 1. The highest BCUT2D eigenvalue weighted by Gasteiger charge is 2.18. The second-order valence-corrected chi connectivity index (χ2v) is 4.11. The predicted molar refractivity (Wildman–Crippen MR) is 62.4 cm³/mol. The molecular weight excluding hydrogens is 276 g/mol. The summed E-state index contributed by atoms with van der Waals surface area (Å²) >= 11 is 3.31. The molecule has 1 aromatic carbocycles. The summed E-state index contributed by atoms with van der Waals surface area (Å²) in [6, 6.07) is 5.39. The molecule has 0 radical (unpaired) electrons. The van der Waals surface area contributed by atoms with Gasteiger partial charge in [0.05, 0.1) is 14.2 Å². The number of benzene rings is 1. The molecule has 0 bridgehead atoms. The molecule has 0 aliphatic carbocycles. The van der Waals surface area contributed by atoms with Gasteiger partial charge < -0.3 is 14.6 Å². The molecule has 0 saturated heterocycles. The quantitative estimate of drug-likeness (QED) is 0.854. The van der Waals surface area contributed by atoms with Gasteiger partial charge in [0.25, 0.3) is 0 Å². The van der Waals surface area contributed by atoms with E-state index < -0.39 is 12.1 Å². The molecule has 5 heteroatoms. The molecule has 0 aromatic heterocycles. The maximum Gasteiger partial charge on any atom is 0.335 e. The number of rotatable bonds is 4. The van der Waals surface area contributed by atoms with Gasteiger partial charge in [0, 0.05) is 10.9 Å². The zero-order valence-corrected chi connectivity index (χ0v) is 10.7. The van der Waals surface area contributed by atoms with Crippen LogP contribution in [0.2, 0.25) is 0 Å². The van der Waals surface area contributed by atoms with Crippen molar-refractivity contribution in [3.8, 4) is 5.75 Å². The van der Waals surface area contributed by atoms with Crippen LogP contribution in [0.1, 0.15) is 5.56 Å². The molecule has 88 valence electrons. The molecule has 0 aliphatic heterocycles. The summed E-state index contributed by atoms with van der Waals surface area (Å²) in [4.78, 5) is 11.1. The molecule has 0 amide bonds. The van der Waals surface area contributed by atoms with Crippen LogP contribution in [0.25, 0.3) is 0 Å². The highest BCUT2D eigenvalue weighted by atomic mass is 79.9. The molecule has 1 unspecified atom stereocenters. The second kappa shape index (κ2) is 5.86. The molecule has 1 atom stereocenters. The van der Waals surface area contributed by atoms with Crippen molar-refractivity contribution >= 4 is 21.9 Å². The van der Waals surface area contributed by atoms with Crippen molar-refractivity contribution in [3.63, 3.8) is 0 Å². The van der Waals surface area contributed by atoms with Gasteiger partial charge in [-0.05, 0) is 17.7 Å². The summed E-state index contributed by atoms with van der Waals surface area (Å²) in [5.41, 5.74) is 0.753. The summed E-state index contributed by atoms with van der Waals surface area (Å²) in [6.07, 6.45) is -0.997. The van der Waals surface area contributed by atoms with E-state index in [1.54, 1.807) is 12.1 Å².